The van der Waals surface area contributed by atoms with E-state index >= 15 is 0 Å². The number of ether oxygens (including phenoxy) is 4. The van der Waals surface area contributed by atoms with Crippen molar-refractivity contribution in [1.29, 1.82) is 0 Å². The fourth-order valence-corrected chi connectivity index (χ4v) is 5.68. The minimum Gasteiger partial charge on any atom is -0.467 e. The van der Waals surface area contributed by atoms with Crippen molar-refractivity contribution in [2.75, 3.05) is 39.8 Å². The van der Waals surface area contributed by atoms with Gasteiger partial charge in [-0.3, -0.25) is 4.90 Å². The number of piperazine rings is 1. The van der Waals surface area contributed by atoms with E-state index in [0.717, 1.165) is 33.8 Å². The smallest absolute Gasteiger partial charge is 0.346 e. The average molecular weight is 548 g/mol. The molecule has 0 aliphatic carbocycles. The lowest BCUT2D eigenvalue weighted by molar-refractivity contribution is -0.0165. The molecule has 11 heteroatoms. The predicted octanol–water partition coefficient (Wildman–Crippen LogP) is 4.19. The monoisotopic (exact) mass is 547 g/mol. The fourth-order valence-electron chi connectivity index (χ4n) is 5.52. The van der Waals surface area contributed by atoms with E-state index < -0.39 is 0 Å². The molecule has 4 heterocycles. The lowest BCUT2D eigenvalue weighted by atomic mass is 9.93. The molecule has 39 heavy (non-hydrogen) atoms. The van der Waals surface area contributed by atoms with Crippen LogP contribution in [0.4, 0.5) is 4.79 Å². The number of nitrogens with zero attached hydrogens (tertiary/aromatic N) is 5. The van der Waals surface area contributed by atoms with Gasteiger partial charge in [0.2, 0.25) is 0 Å². The van der Waals surface area contributed by atoms with Crippen molar-refractivity contribution in [3.05, 3.63) is 81.9 Å². The summed E-state index contributed by atoms with van der Waals surface area (Å²) in [6.45, 7) is 4.04. The fraction of sp³-hybridized carbons (Fsp3) is 0.321. The molecule has 0 radical (unpaired) electrons. The highest BCUT2D eigenvalue weighted by atomic mass is 35.5. The van der Waals surface area contributed by atoms with E-state index in [1.165, 1.54) is 4.68 Å². The van der Waals surface area contributed by atoms with E-state index in [0.29, 0.717) is 55.4 Å². The number of hydrogen-bond donors (Lipinski definition) is 0. The third kappa shape index (κ3) is 4.59. The standard InChI is InChI=1S/C28H26ClN5O5/c29-22-3-4-24-23(13-22)30-31-34(24)28(35)33-9-7-32(8-10-33)27(18-1-5-25-20(11-18)14-36-16-38-25)19-2-6-26-21(12-19)15-37-17-39-26/h1-6,11-13,27H,7-10,14-17H2. The summed E-state index contributed by atoms with van der Waals surface area (Å²) in [4.78, 5) is 17.6. The largest absolute Gasteiger partial charge is 0.467 e. The molecule has 1 aromatic heterocycles. The molecule has 0 atom stereocenters. The van der Waals surface area contributed by atoms with Gasteiger partial charge in [0.15, 0.2) is 13.6 Å². The summed E-state index contributed by atoms with van der Waals surface area (Å²) < 4.78 is 23.7. The molecule has 0 spiro atoms. The van der Waals surface area contributed by atoms with Crippen LogP contribution >= 0.6 is 11.6 Å². The zero-order chi connectivity index (χ0) is 26.3. The van der Waals surface area contributed by atoms with Crippen molar-refractivity contribution in [3.63, 3.8) is 0 Å². The normalized spacial score (nSPS) is 17.4. The molecule has 1 amide bonds. The molecular formula is C28H26ClN5O5. The van der Waals surface area contributed by atoms with Crippen LogP contribution < -0.4 is 9.47 Å². The molecule has 1 saturated heterocycles. The van der Waals surface area contributed by atoms with Crippen LogP contribution in [0.5, 0.6) is 11.5 Å². The molecule has 3 aliphatic rings. The van der Waals surface area contributed by atoms with Crippen LogP contribution in [0.1, 0.15) is 28.3 Å². The molecule has 200 valence electrons. The first-order chi connectivity index (χ1) is 19.1. The molecule has 3 aromatic carbocycles. The first-order valence-corrected chi connectivity index (χ1v) is 13.2. The number of fused-ring (bicyclic) bond motifs is 3. The summed E-state index contributed by atoms with van der Waals surface area (Å²) >= 11 is 6.08. The summed E-state index contributed by atoms with van der Waals surface area (Å²) in [6.07, 6.45) is 0. The molecule has 0 saturated carbocycles. The number of carbonyl (C=O) groups excluding carboxylic acids is 1. The van der Waals surface area contributed by atoms with Crippen LogP contribution in [0.15, 0.2) is 54.6 Å². The molecule has 1 fully saturated rings. The highest BCUT2D eigenvalue weighted by Gasteiger charge is 2.31. The molecule has 0 bridgehead atoms. The third-order valence-electron chi connectivity index (χ3n) is 7.45. The van der Waals surface area contributed by atoms with Gasteiger partial charge in [0.1, 0.15) is 17.0 Å². The Morgan fingerprint density at radius 2 is 1.46 bits per heavy atom. The van der Waals surface area contributed by atoms with Gasteiger partial charge in [-0.1, -0.05) is 28.9 Å². The lowest BCUT2D eigenvalue weighted by Crippen LogP contribution is -2.51. The maximum atomic E-state index is 13.4. The molecule has 3 aliphatic heterocycles. The summed E-state index contributed by atoms with van der Waals surface area (Å²) in [5, 5.41) is 8.77. The van der Waals surface area contributed by atoms with E-state index in [1.807, 2.05) is 17.0 Å². The number of amides is 1. The van der Waals surface area contributed by atoms with E-state index in [2.05, 4.69) is 39.5 Å². The number of hydrogen-bond acceptors (Lipinski definition) is 8. The highest BCUT2D eigenvalue weighted by molar-refractivity contribution is 6.31. The Morgan fingerprint density at radius 3 is 2.10 bits per heavy atom. The van der Waals surface area contributed by atoms with Crippen molar-refractivity contribution in [1.82, 2.24) is 24.8 Å². The van der Waals surface area contributed by atoms with E-state index in [-0.39, 0.29) is 25.7 Å². The average Bonchev–Trinajstić information content (AvgIpc) is 3.40. The summed E-state index contributed by atoms with van der Waals surface area (Å²) in [5.41, 5.74) is 5.57. The number of benzene rings is 3. The number of rotatable bonds is 3. The topological polar surface area (TPSA) is 91.2 Å². The summed E-state index contributed by atoms with van der Waals surface area (Å²) in [5.74, 6) is 1.71. The quantitative estimate of drug-likeness (QED) is 0.377. The van der Waals surface area contributed by atoms with Crippen LogP contribution in [0.3, 0.4) is 0 Å². The first-order valence-electron chi connectivity index (χ1n) is 12.8. The van der Waals surface area contributed by atoms with Crippen molar-refractivity contribution >= 4 is 28.7 Å². The second kappa shape index (κ2) is 10.1. The SMILES string of the molecule is O=C(N1CCN(C(c2ccc3c(c2)COCO3)c2ccc3c(c2)COCO3)CC1)n1nnc2cc(Cl)ccc21. The minimum absolute atomic E-state index is 0.0314. The molecule has 10 nitrogen and oxygen atoms in total. The Bertz CT molecular complexity index is 1490. The van der Waals surface area contributed by atoms with Crippen LogP contribution in [0.25, 0.3) is 11.0 Å². The second-order valence-electron chi connectivity index (χ2n) is 9.80. The van der Waals surface area contributed by atoms with Gasteiger partial charge in [-0.15, -0.1) is 5.10 Å². The van der Waals surface area contributed by atoms with Gasteiger partial charge >= 0.3 is 6.03 Å². The molecule has 4 aromatic rings. The molecule has 0 N–H and O–H groups in total. The van der Waals surface area contributed by atoms with Crippen molar-refractivity contribution in [2.45, 2.75) is 19.3 Å². The Balaban J connectivity index is 1.16. The van der Waals surface area contributed by atoms with Crippen LogP contribution in [-0.4, -0.2) is 70.6 Å². The van der Waals surface area contributed by atoms with Crippen LogP contribution in [-0.2, 0) is 22.7 Å². The van der Waals surface area contributed by atoms with Gasteiger partial charge in [-0.2, -0.15) is 4.68 Å². The van der Waals surface area contributed by atoms with Gasteiger partial charge in [0.25, 0.3) is 0 Å². The second-order valence-corrected chi connectivity index (χ2v) is 10.2. The van der Waals surface area contributed by atoms with Crippen molar-refractivity contribution in [2.24, 2.45) is 0 Å². The number of aromatic nitrogens is 3. The molecule has 7 rings (SSSR count). The number of carbonyl (C=O) groups is 1. The molecule has 0 unspecified atom stereocenters. The van der Waals surface area contributed by atoms with Gasteiger partial charge in [-0.25, -0.2) is 4.79 Å². The van der Waals surface area contributed by atoms with E-state index in [4.69, 9.17) is 30.5 Å². The Hall–Kier alpha value is -3.70. The van der Waals surface area contributed by atoms with Gasteiger partial charge in [0.05, 0.1) is 24.8 Å². The lowest BCUT2D eigenvalue weighted by Gasteiger charge is -2.40. The molecular weight excluding hydrogens is 522 g/mol. The van der Waals surface area contributed by atoms with Gasteiger partial charge < -0.3 is 23.8 Å². The Labute approximate surface area is 229 Å². The van der Waals surface area contributed by atoms with Crippen LogP contribution in [0.2, 0.25) is 5.02 Å². The van der Waals surface area contributed by atoms with Crippen LogP contribution in [0, 0.1) is 0 Å². The first kappa shape index (κ1) is 24.3. The Morgan fingerprint density at radius 1 is 0.821 bits per heavy atom. The Kier molecular flexibility index (Phi) is 6.32. The maximum absolute atomic E-state index is 13.4. The zero-order valence-corrected chi connectivity index (χ0v) is 21.8. The third-order valence-corrected chi connectivity index (χ3v) is 7.68. The number of halogens is 1. The van der Waals surface area contributed by atoms with Gasteiger partial charge in [0, 0.05) is 42.3 Å². The van der Waals surface area contributed by atoms with E-state index in [9.17, 15) is 4.79 Å². The van der Waals surface area contributed by atoms with E-state index in [1.54, 1.807) is 18.2 Å². The minimum atomic E-state index is -0.192. The van der Waals surface area contributed by atoms with Gasteiger partial charge in [-0.05, 0) is 53.6 Å². The zero-order valence-electron chi connectivity index (χ0n) is 21.1. The maximum Gasteiger partial charge on any atom is 0.346 e. The van der Waals surface area contributed by atoms with Crippen molar-refractivity contribution < 1.29 is 23.7 Å². The highest BCUT2D eigenvalue weighted by Crippen LogP contribution is 2.36. The predicted molar refractivity (Wildman–Crippen MR) is 142 cm³/mol. The summed E-state index contributed by atoms with van der Waals surface area (Å²) in [7, 11) is 0. The van der Waals surface area contributed by atoms with Crippen molar-refractivity contribution in [3.8, 4) is 11.5 Å². The summed E-state index contributed by atoms with van der Waals surface area (Å²) in [6, 6.07) is 17.6.